The molecule has 116 valence electrons. The molecule has 23 heavy (non-hydrogen) atoms. The monoisotopic (exact) mass is 310 g/mol. The molecule has 2 heterocycles. The van der Waals surface area contributed by atoms with Crippen molar-refractivity contribution in [2.45, 2.75) is 12.8 Å². The molecular weight excluding hydrogens is 295 g/mol. The molecule has 1 amide bonds. The molecule has 0 radical (unpaired) electrons. The number of hydrogen-bond acceptors (Lipinski definition) is 3. The fourth-order valence-corrected chi connectivity index (χ4v) is 2.18. The van der Waals surface area contributed by atoms with E-state index in [0.717, 1.165) is 16.8 Å². The molecule has 0 saturated heterocycles. The molecule has 0 aliphatic rings. The normalized spacial score (nSPS) is 10.5. The van der Waals surface area contributed by atoms with Crippen molar-refractivity contribution in [2.24, 2.45) is 0 Å². The molecule has 1 aromatic carbocycles. The van der Waals surface area contributed by atoms with E-state index in [4.69, 9.17) is 0 Å². The number of aromatic amines is 1. The van der Waals surface area contributed by atoms with Crippen molar-refractivity contribution in [2.75, 3.05) is 5.32 Å². The van der Waals surface area contributed by atoms with Gasteiger partial charge in [0.15, 0.2) is 5.82 Å². The third-order valence-corrected chi connectivity index (χ3v) is 3.39. The molecule has 0 aliphatic heterocycles. The van der Waals surface area contributed by atoms with Crippen molar-refractivity contribution in [3.05, 3.63) is 66.2 Å². The van der Waals surface area contributed by atoms with Gasteiger partial charge < -0.3 is 5.32 Å². The first-order valence-corrected chi connectivity index (χ1v) is 7.21. The molecule has 3 rings (SSSR count). The number of aryl methyl sites for hydroxylation is 1. The largest absolute Gasteiger partial charge is 0.309 e. The molecular formula is C17H15FN4O. The van der Waals surface area contributed by atoms with Gasteiger partial charge in [0, 0.05) is 30.4 Å². The van der Waals surface area contributed by atoms with E-state index in [-0.39, 0.29) is 11.7 Å². The van der Waals surface area contributed by atoms with E-state index in [1.54, 1.807) is 30.6 Å². The lowest BCUT2D eigenvalue weighted by atomic mass is 10.1. The van der Waals surface area contributed by atoms with Crippen LogP contribution in [0.2, 0.25) is 0 Å². The number of rotatable bonds is 5. The number of aromatic nitrogens is 3. The summed E-state index contributed by atoms with van der Waals surface area (Å²) in [6.07, 6.45) is 4.24. The summed E-state index contributed by atoms with van der Waals surface area (Å²) in [5.41, 5.74) is 2.67. The van der Waals surface area contributed by atoms with Crippen LogP contribution in [0, 0.1) is 5.82 Å². The zero-order valence-corrected chi connectivity index (χ0v) is 12.3. The number of pyridine rings is 1. The van der Waals surface area contributed by atoms with Crippen LogP contribution in [0.1, 0.15) is 12.0 Å². The number of carbonyl (C=O) groups excluding carboxylic acids is 1. The predicted octanol–water partition coefficient (Wildman–Crippen LogP) is 3.18. The summed E-state index contributed by atoms with van der Waals surface area (Å²) in [4.78, 5) is 15.9. The lowest BCUT2D eigenvalue weighted by molar-refractivity contribution is -0.116. The van der Waals surface area contributed by atoms with E-state index < -0.39 is 0 Å². The van der Waals surface area contributed by atoms with E-state index in [0.29, 0.717) is 18.7 Å². The number of H-pyrrole nitrogens is 1. The maximum atomic E-state index is 12.8. The fraction of sp³-hybridized carbons (Fsp3) is 0.118. The van der Waals surface area contributed by atoms with Gasteiger partial charge >= 0.3 is 0 Å². The average molecular weight is 310 g/mol. The van der Waals surface area contributed by atoms with Gasteiger partial charge in [0.25, 0.3) is 0 Å². The Kier molecular flexibility index (Phi) is 4.42. The molecule has 5 nitrogen and oxygen atoms in total. The third-order valence-electron chi connectivity index (χ3n) is 3.39. The van der Waals surface area contributed by atoms with E-state index in [9.17, 15) is 9.18 Å². The lowest BCUT2D eigenvalue weighted by Crippen LogP contribution is -2.12. The Hall–Kier alpha value is -3.02. The van der Waals surface area contributed by atoms with Crippen molar-refractivity contribution in [1.29, 1.82) is 0 Å². The summed E-state index contributed by atoms with van der Waals surface area (Å²) in [6, 6.07) is 11.6. The smallest absolute Gasteiger partial charge is 0.225 e. The zero-order chi connectivity index (χ0) is 16.1. The molecule has 2 aromatic heterocycles. The van der Waals surface area contributed by atoms with E-state index in [1.807, 2.05) is 12.1 Å². The minimum absolute atomic E-state index is 0.137. The maximum absolute atomic E-state index is 12.8. The number of halogens is 1. The summed E-state index contributed by atoms with van der Waals surface area (Å²) in [5, 5.41) is 9.69. The molecule has 0 bridgehead atoms. The van der Waals surface area contributed by atoms with Crippen molar-refractivity contribution in [3.63, 3.8) is 0 Å². The number of carbonyl (C=O) groups is 1. The Bertz CT molecular complexity index is 784. The van der Waals surface area contributed by atoms with Crippen molar-refractivity contribution < 1.29 is 9.18 Å². The van der Waals surface area contributed by atoms with Crippen molar-refractivity contribution >= 4 is 11.7 Å². The molecule has 0 spiro atoms. The molecule has 0 aliphatic carbocycles. The van der Waals surface area contributed by atoms with Crippen LogP contribution in [0.4, 0.5) is 10.2 Å². The highest BCUT2D eigenvalue weighted by molar-refractivity contribution is 5.90. The van der Waals surface area contributed by atoms with Gasteiger partial charge in [-0.2, -0.15) is 5.10 Å². The van der Waals surface area contributed by atoms with Crippen LogP contribution in [-0.2, 0) is 11.2 Å². The quantitative estimate of drug-likeness (QED) is 0.760. The van der Waals surface area contributed by atoms with Gasteiger partial charge in [-0.3, -0.25) is 14.9 Å². The van der Waals surface area contributed by atoms with E-state index in [1.165, 1.54) is 12.1 Å². The zero-order valence-electron chi connectivity index (χ0n) is 12.3. The highest BCUT2D eigenvalue weighted by atomic mass is 19.1. The minimum atomic E-state index is -0.279. The van der Waals surface area contributed by atoms with E-state index >= 15 is 0 Å². The second-order valence-corrected chi connectivity index (χ2v) is 5.08. The van der Waals surface area contributed by atoms with Crippen molar-refractivity contribution in [3.8, 4) is 11.3 Å². The van der Waals surface area contributed by atoms with Crippen LogP contribution >= 0.6 is 0 Å². The van der Waals surface area contributed by atoms with Crippen LogP contribution in [0.3, 0.4) is 0 Å². The highest BCUT2D eigenvalue weighted by Crippen LogP contribution is 2.18. The van der Waals surface area contributed by atoms with Gasteiger partial charge in [0.1, 0.15) is 5.82 Å². The SMILES string of the molecule is O=C(CCc1ccc(F)cc1)Nc1cc(-c2ccncc2)[nH]n1. The Morgan fingerprint density at radius 2 is 1.87 bits per heavy atom. The number of amides is 1. The van der Waals surface area contributed by atoms with Gasteiger partial charge in [-0.1, -0.05) is 12.1 Å². The topological polar surface area (TPSA) is 70.7 Å². The van der Waals surface area contributed by atoms with Gasteiger partial charge in [0.05, 0.1) is 5.69 Å². The van der Waals surface area contributed by atoms with Crippen LogP contribution in [-0.4, -0.2) is 21.1 Å². The number of hydrogen-bond donors (Lipinski definition) is 2. The summed E-state index contributed by atoms with van der Waals surface area (Å²) in [6.45, 7) is 0. The third kappa shape index (κ3) is 4.00. The number of benzene rings is 1. The van der Waals surface area contributed by atoms with Crippen LogP contribution in [0.5, 0.6) is 0 Å². The molecule has 0 atom stereocenters. The second kappa shape index (κ2) is 6.83. The Labute approximate surface area is 132 Å². The maximum Gasteiger partial charge on any atom is 0.225 e. The van der Waals surface area contributed by atoms with Crippen LogP contribution < -0.4 is 5.32 Å². The number of anilines is 1. The van der Waals surface area contributed by atoms with E-state index in [2.05, 4.69) is 20.5 Å². The lowest BCUT2D eigenvalue weighted by Gasteiger charge is -2.02. The molecule has 2 N–H and O–H groups in total. The first kappa shape index (κ1) is 14.9. The average Bonchev–Trinajstić information content (AvgIpc) is 3.04. The number of nitrogens with one attached hydrogen (secondary N) is 2. The molecule has 3 aromatic rings. The fourth-order valence-electron chi connectivity index (χ4n) is 2.18. The summed E-state index contributed by atoms with van der Waals surface area (Å²) < 4.78 is 12.8. The van der Waals surface area contributed by atoms with Gasteiger partial charge in [-0.25, -0.2) is 4.39 Å². The Morgan fingerprint density at radius 1 is 1.13 bits per heavy atom. The van der Waals surface area contributed by atoms with Crippen molar-refractivity contribution in [1.82, 2.24) is 15.2 Å². The first-order valence-electron chi connectivity index (χ1n) is 7.21. The second-order valence-electron chi connectivity index (χ2n) is 5.08. The van der Waals surface area contributed by atoms with Gasteiger partial charge in [-0.05, 0) is 36.2 Å². The van der Waals surface area contributed by atoms with Crippen LogP contribution in [0.25, 0.3) is 11.3 Å². The van der Waals surface area contributed by atoms with Gasteiger partial charge in [-0.15, -0.1) is 0 Å². The summed E-state index contributed by atoms with van der Waals surface area (Å²) in [7, 11) is 0. The predicted molar refractivity (Wildman–Crippen MR) is 85.2 cm³/mol. The highest BCUT2D eigenvalue weighted by Gasteiger charge is 2.07. The van der Waals surface area contributed by atoms with Crippen LogP contribution in [0.15, 0.2) is 54.9 Å². The Morgan fingerprint density at radius 3 is 2.61 bits per heavy atom. The number of nitrogens with zero attached hydrogens (tertiary/aromatic N) is 2. The minimum Gasteiger partial charge on any atom is -0.309 e. The molecule has 6 heteroatoms. The Balaban J connectivity index is 1.56. The summed E-state index contributed by atoms with van der Waals surface area (Å²) in [5.74, 6) is 0.0568. The first-order chi connectivity index (χ1) is 11.2. The van der Waals surface area contributed by atoms with Gasteiger partial charge in [0.2, 0.25) is 5.91 Å². The molecule has 0 fully saturated rings. The summed E-state index contributed by atoms with van der Waals surface area (Å²) >= 11 is 0. The standard InChI is InChI=1S/C17H15FN4O/c18-14-4-1-12(2-5-14)3-6-17(23)20-16-11-15(21-22-16)13-7-9-19-10-8-13/h1-2,4-5,7-11H,3,6H2,(H2,20,21,22,23). The molecule has 0 unspecified atom stereocenters. The molecule has 0 saturated carbocycles.